The number of aromatic nitrogens is 1. The molecule has 1 aliphatic rings. The van der Waals surface area contributed by atoms with Gasteiger partial charge in [-0.3, -0.25) is 9.59 Å². The highest BCUT2D eigenvalue weighted by molar-refractivity contribution is 7.10. The van der Waals surface area contributed by atoms with Crippen LogP contribution in [0.4, 0.5) is 11.4 Å². The summed E-state index contributed by atoms with van der Waals surface area (Å²) in [4.78, 5) is 31.7. The zero-order chi connectivity index (χ0) is 20.5. The van der Waals surface area contributed by atoms with E-state index in [0.717, 1.165) is 42.1 Å². The van der Waals surface area contributed by atoms with E-state index in [9.17, 15) is 9.59 Å². The number of H-pyrrole nitrogens is 1. The number of amides is 1. The van der Waals surface area contributed by atoms with Crippen molar-refractivity contribution in [2.75, 3.05) is 16.8 Å². The summed E-state index contributed by atoms with van der Waals surface area (Å²) in [6.45, 7) is 7.27. The van der Waals surface area contributed by atoms with Crippen molar-refractivity contribution in [1.82, 2.24) is 4.98 Å². The van der Waals surface area contributed by atoms with Gasteiger partial charge in [0.2, 0.25) is 0 Å². The van der Waals surface area contributed by atoms with Gasteiger partial charge in [-0.15, -0.1) is 11.3 Å². The molecule has 0 fully saturated rings. The quantitative estimate of drug-likeness (QED) is 0.587. The van der Waals surface area contributed by atoms with Crippen molar-refractivity contribution < 1.29 is 9.59 Å². The van der Waals surface area contributed by atoms with Crippen molar-refractivity contribution in [3.05, 3.63) is 68.7 Å². The molecule has 3 heterocycles. The van der Waals surface area contributed by atoms with E-state index in [1.807, 2.05) is 37.3 Å². The maximum atomic E-state index is 12.8. The summed E-state index contributed by atoms with van der Waals surface area (Å²) < 4.78 is 0. The lowest BCUT2D eigenvalue weighted by Crippen LogP contribution is -2.29. The van der Waals surface area contributed by atoms with Crippen molar-refractivity contribution in [2.45, 2.75) is 40.2 Å². The topological polar surface area (TPSA) is 65.2 Å². The molecule has 0 saturated carbocycles. The predicted octanol–water partition coefficient (Wildman–Crippen LogP) is 4.96. The average molecular weight is 408 g/mol. The third-order valence-electron chi connectivity index (χ3n) is 5.52. The maximum Gasteiger partial charge on any atom is 0.272 e. The molecule has 0 unspecified atom stereocenters. The zero-order valence-corrected chi connectivity index (χ0v) is 17.8. The van der Waals surface area contributed by atoms with E-state index < -0.39 is 0 Å². The Morgan fingerprint density at radius 1 is 1.21 bits per heavy atom. The van der Waals surface area contributed by atoms with Gasteiger partial charge in [0.25, 0.3) is 5.91 Å². The number of benzene rings is 1. The Morgan fingerprint density at radius 3 is 2.66 bits per heavy atom. The number of fused-ring (bicyclic) bond motifs is 1. The molecule has 2 N–H and O–H groups in total. The number of rotatable bonds is 5. The van der Waals surface area contributed by atoms with E-state index >= 15 is 0 Å². The number of hydrogen-bond acceptors (Lipinski definition) is 4. The molecule has 0 saturated heterocycles. The number of aryl methyl sites for hydroxylation is 1. The standard InChI is InChI=1S/C23H25N3O2S/c1-4-19-21(15(3)27)14(2)24-22(19)23(28)25-17-5-7-18(8-6-17)26-11-9-20-16(13-26)10-12-29-20/h5-8,10,12,24H,4,9,11,13H2,1-3H3,(H,25,28). The van der Waals surface area contributed by atoms with Gasteiger partial charge in [0.1, 0.15) is 5.69 Å². The fourth-order valence-corrected chi connectivity index (χ4v) is 5.01. The van der Waals surface area contributed by atoms with Crippen LogP contribution in [0.5, 0.6) is 0 Å². The van der Waals surface area contributed by atoms with Gasteiger partial charge in [0.15, 0.2) is 5.78 Å². The monoisotopic (exact) mass is 407 g/mol. The van der Waals surface area contributed by atoms with Crippen molar-refractivity contribution in [3.63, 3.8) is 0 Å². The van der Waals surface area contributed by atoms with Crippen molar-refractivity contribution in [2.24, 2.45) is 0 Å². The smallest absolute Gasteiger partial charge is 0.272 e. The van der Waals surface area contributed by atoms with Gasteiger partial charge < -0.3 is 15.2 Å². The largest absolute Gasteiger partial charge is 0.367 e. The third kappa shape index (κ3) is 3.72. The summed E-state index contributed by atoms with van der Waals surface area (Å²) in [5.41, 5.74) is 5.94. The lowest BCUT2D eigenvalue weighted by Gasteiger charge is -2.29. The zero-order valence-electron chi connectivity index (χ0n) is 17.0. The van der Waals surface area contributed by atoms with Crippen LogP contribution in [-0.2, 0) is 19.4 Å². The molecule has 0 spiro atoms. The number of anilines is 2. The molecule has 0 radical (unpaired) electrons. The van der Waals surface area contributed by atoms with Crippen LogP contribution in [0.2, 0.25) is 0 Å². The second-order valence-electron chi connectivity index (χ2n) is 7.43. The predicted molar refractivity (Wildman–Crippen MR) is 118 cm³/mol. The Balaban J connectivity index is 1.49. The van der Waals surface area contributed by atoms with E-state index in [1.54, 1.807) is 0 Å². The Hall–Kier alpha value is -2.86. The fourth-order valence-electron chi connectivity index (χ4n) is 4.12. The lowest BCUT2D eigenvalue weighted by molar-refractivity contribution is 0.101. The van der Waals surface area contributed by atoms with Crippen LogP contribution in [0.25, 0.3) is 0 Å². The molecule has 0 bridgehead atoms. The summed E-state index contributed by atoms with van der Waals surface area (Å²) in [6.07, 6.45) is 1.70. The van der Waals surface area contributed by atoms with Crippen LogP contribution in [0.1, 0.15) is 56.4 Å². The summed E-state index contributed by atoms with van der Waals surface area (Å²) in [5.74, 6) is -0.236. The summed E-state index contributed by atoms with van der Waals surface area (Å²) in [6, 6.07) is 10.2. The molecule has 3 aromatic rings. The number of nitrogens with one attached hydrogen (secondary N) is 2. The number of carbonyl (C=O) groups is 2. The van der Waals surface area contributed by atoms with Crippen LogP contribution in [-0.4, -0.2) is 23.2 Å². The minimum atomic E-state index is -0.217. The van der Waals surface area contributed by atoms with Crippen molar-refractivity contribution in [3.8, 4) is 0 Å². The molecule has 5 nitrogen and oxygen atoms in total. The van der Waals surface area contributed by atoms with Gasteiger partial charge in [-0.1, -0.05) is 6.92 Å². The number of thiophene rings is 1. The normalized spacial score (nSPS) is 13.3. The van der Waals surface area contributed by atoms with Gasteiger partial charge in [0, 0.05) is 40.6 Å². The summed E-state index contributed by atoms with van der Waals surface area (Å²) >= 11 is 1.84. The second kappa shape index (κ2) is 7.87. The fraction of sp³-hybridized carbons (Fsp3) is 0.304. The van der Waals surface area contributed by atoms with E-state index in [2.05, 4.69) is 38.8 Å². The first-order chi connectivity index (χ1) is 14.0. The molecule has 2 aromatic heterocycles. The molecule has 1 aromatic carbocycles. The summed E-state index contributed by atoms with van der Waals surface area (Å²) in [7, 11) is 0. The van der Waals surface area contributed by atoms with E-state index in [4.69, 9.17) is 0 Å². The number of hydrogen-bond donors (Lipinski definition) is 2. The number of carbonyl (C=O) groups excluding carboxylic acids is 2. The van der Waals surface area contributed by atoms with Crippen LogP contribution in [0.15, 0.2) is 35.7 Å². The molecule has 150 valence electrons. The van der Waals surface area contributed by atoms with Crippen molar-refractivity contribution >= 4 is 34.4 Å². The molecule has 6 heteroatoms. The van der Waals surface area contributed by atoms with Crippen LogP contribution < -0.4 is 10.2 Å². The second-order valence-corrected chi connectivity index (χ2v) is 8.43. The third-order valence-corrected chi connectivity index (χ3v) is 6.54. The molecule has 4 rings (SSSR count). The highest BCUT2D eigenvalue weighted by atomic mass is 32.1. The SMILES string of the molecule is CCc1c(C(=O)Nc2ccc(N3CCc4sccc4C3)cc2)[nH]c(C)c1C(C)=O. The number of aromatic amines is 1. The minimum Gasteiger partial charge on any atom is -0.367 e. The molecule has 1 aliphatic heterocycles. The minimum absolute atomic E-state index is 0.0192. The van der Waals surface area contributed by atoms with E-state index in [-0.39, 0.29) is 11.7 Å². The van der Waals surface area contributed by atoms with E-state index in [1.165, 1.54) is 17.4 Å². The number of nitrogens with zero attached hydrogens (tertiary/aromatic N) is 1. The van der Waals surface area contributed by atoms with Crippen LogP contribution in [0.3, 0.4) is 0 Å². The Labute approximate surface area is 174 Å². The molecule has 0 aliphatic carbocycles. The maximum absolute atomic E-state index is 12.8. The van der Waals surface area contributed by atoms with Gasteiger partial charge in [-0.2, -0.15) is 0 Å². The summed E-state index contributed by atoms with van der Waals surface area (Å²) in [5, 5.41) is 5.12. The lowest BCUT2D eigenvalue weighted by atomic mass is 10.0. The number of ketones is 1. The first-order valence-corrected chi connectivity index (χ1v) is 10.8. The highest BCUT2D eigenvalue weighted by Gasteiger charge is 2.22. The van der Waals surface area contributed by atoms with Gasteiger partial charge in [-0.05, 0) is 73.5 Å². The highest BCUT2D eigenvalue weighted by Crippen LogP contribution is 2.29. The van der Waals surface area contributed by atoms with Crippen LogP contribution >= 0.6 is 11.3 Å². The number of Topliss-reactive ketones (excluding diaryl/α,β-unsaturated/α-hetero) is 1. The Bertz CT molecular complexity index is 1060. The van der Waals surface area contributed by atoms with Gasteiger partial charge in [0.05, 0.1) is 0 Å². The Morgan fingerprint density at radius 2 is 1.97 bits per heavy atom. The molecular weight excluding hydrogens is 382 g/mol. The van der Waals surface area contributed by atoms with Gasteiger partial charge >= 0.3 is 0 Å². The molecule has 29 heavy (non-hydrogen) atoms. The van der Waals surface area contributed by atoms with E-state index in [0.29, 0.717) is 17.7 Å². The van der Waals surface area contributed by atoms with Gasteiger partial charge in [-0.25, -0.2) is 0 Å². The Kier molecular flexibility index (Phi) is 5.28. The average Bonchev–Trinajstić information content (AvgIpc) is 3.31. The molecule has 0 atom stereocenters. The molecular formula is C23H25N3O2S. The first-order valence-electron chi connectivity index (χ1n) is 9.92. The van der Waals surface area contributed by atoms with Crippen molar-refractivity contribution in [1.29, 1.82) is 0 Å². The first kappa shape index (κ1) is 19.5. The van der Waals surface area contributed by atoms with Crippen LogP contribution in [0, 0.1) is 6.92 Å². The molecule has 1 amide bonds.